The third-order valence-corrected chi connectivity index (χ3v) is 5.70. The van der Waals surface area contributed by atoms with Crippen LogP contribution in [0.15, 0.2) is 90.2 Å². The van der Waals surface area contributed by atoms with Gasteiger partial charge in [-0.3, -0.25) is 0 Å². The third-order valence-electron chi connectivity index (χ3n) is 5.70. The predicted molar refractivity (Wildman–Crippen MR) is 132 cm³/mol. The number of rotatable bonds is 11. The van der Waals surface area contributed by atoms with Gasteiger partial charge in [-0.05, 0) is 25.0 Å². The van der Waals surface area contributed by atoms with Gasteiger partial charge in [-0.1, -0.05) is 72.8 Å². The van der Waals surface area contributed by atoms with Crippen molar-refractivity contribution in [2.24, 2.45) is 0 Å². The van der Waals surface area contributed by atoms with Crippen molar-refractivity contribution in [3.05, 3.63) is 101 Å². The van der Waals surface area contributed by atoms with Gasteiger partial charge in [-0.15, -0.1) is 0 Å². The zero-order chi connectivity index (χ0) is 22.1. The van der Waals surface area contributed by atoms with Crippen molar-refractivity contribution in [1.29, 1.82) is 0 Å². The Kier molecular flexibility index (Phi) is 8.51. The Hall–Kier alpha value is -2.82. The van der Waals surface area contributed by atoms with Crippen LogP contribution in [-0.4, -0.2) is 26.8 Å². The summed E-state index contributed by atoms with van der Waals surface area (Å²) in [6.07, 6.45) is 6.38. The minimum absolute atomic E-state index is 0. The lowest BCUT2D eigenvalue weighted by Gasteiger charge is -2.31. The Morgan fingerprint density at radius 1 is 1.00 bits per heavy atom. The molecule has 0 bridgehead atoms. The van der Waals surface area contributed by atoms with E-state index in [-0.39, 0.29) is 14.9 Å². The monoisotopic (exact) mass is 422 g/mol. The summed E-state index contributed by atoms with van der Waals surface area (Å²) in [7, 11) is 3.47. The zero-order valence-corrected chi connectivity index (χ0v) is 18.9. The first-order chi connectivity index (χ1) is 15.1. The van der Waals surface area contributed by atoms with E-state index in [0.29, 0.717) is 6.54 Å². The molecule has 4 heteroatoms. The Morgan fingerprint density at radius 2 is 1.74 bits per heavy atom. The number of hydrogen-bond acceptors (Lipinski definition) is 4. The van der Waals surface area contributed by atoms with Gasteiger partial charge in [0, 0.05) is 39.5 Å². The highest BCUT2D eigenvalue weighted by atomic mass is 16.5. The van der Waals surface area contributed by atoms with Gasteiger partial charge < -0.3 is 20.1 Å². The Morgan fingerprint density at radius 3 is 2.45 bits per heavy atom. The number of benzene rings is 2. The van der Waals surface area contributed by atoms with Crippen LogP contribution in [0.2, 0.25) is 0 Å². The second-order valence-electron chi connectivity index (χ2n) is 7.88. The van der Waals surface area contributed by atoms with E-state index in [1.807, 2.05) is 24.3 Å². The molecule has 31 heavy (non-hydrogen) atoms. The summed E-state index contributed by atoms with van der Waals surface area (Å²) in [5.41, 5.74) is 4.64. The van der Waals surface area contributed by atoms with Crippen LogP contribution in [0.4, 0.5) is 0 Å². The van der Waals surface area contributed by atoms with Crippen LogP contribution < -0.4 is 15.4 Å². The summed E-state index contributed by atoms with van der Waals surface area (Å²) in [5, 5.41) is 7.49. The van der Waals surface area contributed by atoms with Crippen molar-refractivity contribution in [2.45, 2.75) is 38.4 Å². The highest BCUT2D eigenvalue weighted by Gasteiger charge is 2.24. The summed E-state index contributed by atoms with van der Waals surface area (Å²) in [6, 6.07) is 18.8. The predicted octanol–water partition coefficient (Wildman–Crippen LogP) is 5.80. The molecule has 0 saturated carbocycles. The van der Waals surface area contributed by atoms with E-state index in [9.17, 15) is 0 Å². The first-order valence-corrected chi connectivity index (χ1v) is 10.9. The quantitative estimate of drug-likeness (QED) is 0.449. The number of nitrogens with one attached hydrogen (secondary N) is 2. The number of hydrogen-bond donors (Lipinski definition) is 2. The smallest absolute Gasteiger partial charge is 0.123 e. The third kappa shape index (κ3) is 6.09. The largest absolute Gasteiger partial charge is 0.501 e. The van der Waals surface area contributed by atoms with Crippen molar-refractivity contribution >= 4 is 0 Å². The van der Waals surface area contributed by atoms with Gasteiger partial charge in [0.2, 0.25) is 0 Å². The summed E-state index contributed by atoms with van der Waals surface area (Å²) < 4.78 is 11.2. The molecule has 0 unspecified atom stereocenters. The average Bonchev–Trinajstić information content (AvgIpc) is 2.81. The van der Waals surface area contributed by atoms with E-state index in [1.165, 1.54) is 11.1 Å². The summed E-state index contributed by atoms with van der Waals surface area (Å²) >= 11 is 0. The molecule has 3 rings (SSSR count). The van der Waals surface area contributed by atoms with Crippen LogP contribution in [-0.2, 0) is 11.3 Å². The van der Waals surface area contributed by atoms with Crippen molar-refractivity contribution in [2.75, 3.05) is 20.8 Å². The molecule has 4 nitrogen and oxygen atoms in total. The lowest BCUT2D eigenvalue weighted by Crippen LogP contribution is -2.43. The highest BCUT2D eigenvalue weighted by molar-refractivity contribution is 5.34. The van der Waals surface area contributed by atoms with Gasteiger partial charge >= 0.3 is 0 Å². The number of para-hydroxylation sites is 1. The molecule has 0 aromatic heterocycles. The minimum Gasteiger partial charge on any atom is -0.501 e. The molecule has 2 N–H and O–H groups in total. The molecule has 1 aliphatic carbocycles. The zero-order valence-electron chi connectivity index (χ0n) is 18.9. The number of allylic oxidation sites excluding steroid dienone is 2. The van der Waals surface area contributed by atoms with Crippen molar-refractivity contribution in [3.8, 4) is 5.75 Å². The lowest BCUT2D eigenvalue weighted by atomic mass is 9.93. The molecule has 0 amide bonds. The normalized spacial score (nSPS) is 15.5. The van der Waals surface area contributed by atoms with E-state index >= 15 is 0 Å². The molecule has 0 radical (unpaired) electrons. The summed E-state index contributed by atoms with van der Waals surface area (Å²) in [5.74, 6) is 1.96. The van der Waals surface area contributed by atoms with Gasteiger partial charge in [0.1, 0.15) is 11.5 Å². The van der Waals surface area contributed by atoms with Crippen LogP contribution >= 0.6 is 0 Å². The molecule has 0 heterocycles. The molecule has 2 atom stereocenters. The topological polar surface area (TPSA) is 42.5 Å². The van der Waals surface area contributed by atoms with E-state index in [4.69, 9.17) is 9.47 Å². The Labute approximate surface area is 189 Å². The van der Waals surface area contributed by atoms with E-state index in [2.05, 4.69) is 66.6 Å². The molecular formula is C27H38N2O2. The van der Waals surface area contributed by atoms with Gasteiger partial charge in [0.25, 0.3) is 0 Å². The molecule has 168 valence electrons. The second-order valence-corrected chi connectivity index (χ2v) is 7.88. The van der Waals surface area contributed by atoms with E-state index in [1.54, 1.807) is 14.2 Å². The number of methoxy groups -OCH3 is 2. The number of ether oxygens (including phenoxy) is 2. The maximum Gasteiger partial charge on any atom is 0.123 e. The first kappa shape index (κ1) is 22.9. The fraction of sp³-hybridized carbons (Fsp3) is 0.333. The minimum atomic E-state index is 0. The fourth-order valence-electron chi connectivity index (χ4n) is 4.04. The molecule has 0 fully saturated rings. The van der Waals surface area contributed by atoms with E-state index < -0.39 is 0 Å². The SMILES string of the molecule is C=C(C)[C@H](NCc1ccccc1OC)[C@@H](NCC1=C(OC)CCC=C1)c1ccccc1.[HH].[HH]. The van der Waals surface area contributed by atoms with Gasteiger partial charge in [-0.2, -0.15) is 0 Å². The standard InChI is InChI=1S/C27H34N2O2.2H2/c1-20(2)26(28-18-22-14-8-10-16-24(22)30-3)27(21-12-6-5-7-13-21)29-19-23-15-9-11-17-25(23)31-4;;/h5-10,12-16,26-29H,1,11,17-19H2,2-4H3;2*1H/t26-,27-;;/m0../s1. The molecule has 2 aromatic carbocycles. The van der Waals surface area contributed by atoms with E-state index in [0.717, 1.165) is 42.0 Å². The molecule has 1 aliphatic rings. The lowest BCUT2D eigenvalue weighted by molar-refractivity contribution is 0.270. The van der Waals surface area contributed by atoms with Crippen LogP contribution in [0.3, 0.4) is 0 Å². The Balaban J connectivity index is 0.00000272. The van der Waals surface area contributed by atoms with Gasteiger partial charge in [0.05, 0.1) is 20.3 Å². The van der Waals surface area contributed by atoms with Gasteiger partial charge in [0.15, 0.2) is 0 Å². The van der Waals surface area contributed by atoms with Crippen molar-refractivity contribution < 1.29 is 12.3 Å². The molecular weight excluding hydrogens is 384 g/mol. The molecule has 2 aromatic rings. The fourth-order valence-corrected chi connectivity index (χ4v) is 4.04. The molecule has 0 spiro atoms. The highest BCUT2D eigenvalue weighted by Crippen LogP contribution is 2.25. The molecule has 0 aliphatic heterocycles. The first-order valence-electron chi connectivity index (χ1n) is 10.9. The summed E-state index contributed by atoms with van der Waals surface area (Å²) in [4.78, 5) is 0. The average molecular weight is 423 g/mol. The van der Waals surface area contributed by atoms with Crippen LogP contribution in [0.1, 0.15) is 39.8 Å². The summed E-state index contributed by atoms with van der Waals surface area (Å²) in [6.45, 7) is 7.81. The van der Waals surface area contributed by atoms with Crippen molar-refractivity contribution in [3.63, 3.8) is 0 Å². The maximum absolute atomic E-state index is 5.62. The Bertz CT molecular complexity index is 929. The maximum atomic E-state index is 5.62. The van der Waals surface area contributed by atoms with Crippen LogP contribution in [0.25, 0.3) is 0 Å². The molecule has 0 saturated heterocycles. The van der Waals surface area contributed by atoms with Crippen LogP contribution in [0, 0.1) is 0 Å². The van der Waals surface area contributed by atoms with Crippen LogP contribution in [0.5, 0.6) is 5.75 Å². The van der Waals surface area contributed by atoms with Gasteiger partial charge in [-0.25, -0.2) is 0 Å². The van der Waals surface area contributed by atoms with Crippen molar-refractivity contribution in [1.82, 2.24) is 10.6 Å². The second kappa shape index (κ2) is 11.5.